The highest BCUT2D eigenvalue weighted by atomic mass is 32.1. The number of thiophene rings is 1. The van der Waals surface area contributed by atoms with Gasteiger partial charge in [0.05, 0.1) is 5.41 Å². The molecule has 1 saturated carbocycles. The summed E-state index contributed by atoms with van der Waals surface area (Å²) in [6, 6.07) is 4.53. The van der Waals surface area contributed by atoms with Crippen LogP contribution in [0.4, 0.5) is 4.39 Å². The maximum Gasteiger partial charge on any atom is 0.314 e. The monoisotopic (exact) mass is 236 g/mol. The Balaban J connectivity index is 2.22. The van der Waals surface area contributed by atoms with Gasteiger partial charge < -0.3 is 5.11 Å². The van der Waals surface area contributed by atoms with Crippen LogP contribution in [0.15, 0.2) is 23.6 Å². The summed E-state index contributed by atoms with van der Waals surface area (Å²) in [7, 11) is 0. The van der Waals surface area contributed by atoms with Crippen molar-refractivity contribution in [2.45, 2.75) is 18.3 Å². The predicted octanol–water partition coefficient (Wildman–Crippen LogP) is 3.16. The molecule has 1 aromatic heterocycles. The van der Waals surface area contributed by atoms with Gasteiger partial charge in [-0.05, 0) is 41.3 Å². The summed E-state index contributed by atoms with van der Waals surface area (Å²) in [6.07, 6.45) is 1.37. The van der Waals surface area contributed by atoms with Gasteiger partial charge in [0.15, 0.2) is 0 Å². The fraction of sp³-hybridized carbons (Fsp3) is 0.250. The average Bonchev–Trinajstić information content (AvgIpc) is 2.94. The van der Waals surface area contributed by atoms with Gasteiger partial charge in [0.2, 0.25) is 0 Å². The molecule has 0 atom stereocenters. The van der Waals surface area contributed by atoms with Crippen LogP contribution in [0.5, 0.6) is 0 Å². The van der Waals surface area contributed by atoms with Gasteiger partial charge in [-0.15, -0.1) is 11.3 Å². The first kappa shape index (κ1) is 9.78. The zero-order valence-electron chi connectivity index (χ0n) is 8.37. The van der Waals surface area contributed by atoms with Crippen molar-refractivity contribution in [2.24, 2.45) is 0 Å². The summed E-state index contributed by atoms with van der Waals surface area (Å²) < 4.78 is 13.8. The molecule has 1 heterocycles. The van der Waals surface area contributed by atoms with Crippen LogP contribution >= 0.6 is 11.3 Å². The summed E-state index contributed by atoms with van der Waals surface area (Å²) in [5, 5.41) is 12.0. The normalized spacial score (nSPS) is 17.6. The molecule has 2 nitrogen and oxygen atoms in total. The number of fused-ring (bicyclic) bond motifs is 1. The van der Waals surface area contributed by atoms with Gasteiger partial charge >= 0.3 is 5.97 Å². The van der Waals surface area contributed by atoms with Crippen LogP contribution < -0.4 is 0 Å². The first-order chi connectivity index (χ1) is 7.63. The molecule has 0 saturated heterocycles. The van der Waals surface area contributed by atoms with E-state index in [9.17, 15) is 14.3 Å². The first-order valence-corrected chi connectivity index (χ1v) is 5.92. The molecule has 16 heavy (non-hydrogen) atoms. The van der Waals surface area contributed by atoms with E-state index in [4.69, 9.17) is 0 Å². The third kappa shape index (κ3) is 1.19. The molecule has 0 radical (unpaired) electrons. The Morgan fingerprint density at radius 2 is 2.19 bits per heavy atom. The smallest absolute Gasteiger partial charge is 0.314 e. The molecule has 3 rings (SSSR count). The van der Waals surface area contributed by atoms with Gasteiger partial charge in [-0.2, -0.15) is 0 Å². The van der Waals surface area contributed by atoms with Gasteiger partial charge in [-0.25, -0.2) is 4.39 Å². The predicted molar refractivity (Wildman–Crippen MR) is 60.3 cm³/mol. The van der Waals surface area contributed by atoms with E-state index in [2.05, 4.69) is 0 Å². The molecular formula is C12H9FO2S. The molecule has 1 aromatic carbocycles. The second-order valence-corrected chi connectivity index (χ2v) is 5.09. The lowest BCUT2D eigenvalue weighted by molar-refractivity contribution is -0.139. The largest absolute Gasteiger partial charge is 0.481 e. The molecule has 0 bridgehead atoms. The van der Waals surface area contributed by atoms with Gasteiger partial charge in [0.25, 0.3) is 0 Å². The fourth-order valence-corrected chi connectivity index (χ4v) is 3.18. The Bertz CT molecular complexity index is 584. The molecule has 1 aliphatic rings. The lowest BCUT2D eigenvalue weighted by Crippen LogP contribution is -2.18. The Morgan fingerprint density at radius 3 is 2.81 bits per heavy atom. The summed E-state index contributed by atoms with van der Waals surface area (Å²) in [6.45, 7) is 0. The third-order valence-corrected chi connectivity index (χ3v) is 4.16. The quantitative estimate of drug-likeness (QED) is 0.869. The van der Waals surface area contributed by atoms with Crippen LogP contribution in [-0.2, 0) is 10.2 Å². The number of carbonyl (C=O) groups is 1. The second-order valence-electron chi connectivity index (χ2n) is 4.18. The van der Waals surface area contributed by atoms with E-state index >= 15 is 0 Å². The van der Waals surface area contributed by atoms with Crippen molar-refractivity contribution >= 4 is 27.4 Å². The molecule has 0 spiro atoms. The van der Waals surface area contributed by atoms with Crippen molar-refractivity contribution in [1.29, 1.82) is 0 Å². The van der Waals surface area contributed by atoms with Crippen molar-refractivity contribution in [3.05, 3.63) is 35.0 Å². The summed E-state index contributed by atoms with van der Waals surface area (Å²) in [4.78, 5) is 11.2. The highest BCUT2D eigenvalue weighted by molar-refractivity contribution is 7.17. The number of hydrogen-bond donors (Lipinski definition) is 1. The standard InChI is InChI=1S/C12H9FO2S/c13-7-1-2-8-9(6-16-10(8)5-7)12(3-4-12)11(14)15/h1-2,5-6H,3-4H2,(H,14,15). The topological polar surface area (TPSA) is 37.3 Å². The van der Waals surface area contributed by atoms with E-state index in [0.29, 0.717) is 12.8 Å². The van der Waals surface area contributed by atoms with Crippen molar-refractivity contribution in [3.63, 3.8) is 0 Å². The van der Waals surface area contributed by atoms with Crippen LogP contribution in [0.3, 0.4) is 0 Å². The van der Waals surface area contributed by atoms with Gasteiger partial charge in [-0.1, -0.05) is 6.07 Å². The molecule has 1 fully saturated rings. The van der Waals surface area contributed by atoms with Crippen molar-refractivity contribution < 1.29 is 14.3 Å². The van der Waals surface area contributed by atoms with E-state index in [0.717, 1.165) is 15.6 Å². The Hall–Kier alpha value is -1.42. The lowest BCUT2D eigenvalue weighted by atomic mass is 9.96. The minimum absolute atomic E-state index is 0.277. The Morgan fingerprint density at radius 1 is 1.44 bits per heavy atom. The SMILES string of the molecule is O=C(O)C1(c2csc3cc(F)ccc23)CC1. The molecular weight excluding hydrogens is 227 g/mol. The minimum Gasteiger partial charge on any atom is -0.481 e. The summed E-state index contributed by atoms with van der Waals surface area (Å²) in [5.74, 6) is -1.04. The van der Waals surface area contributed by atoms with E-state index < -0.39 is 11.4 Å². The molecule has 1 N–H and O–H groups in total. The molecule has 0 amide bonds. The first-order valence-electron chi connectivity index (χ1n) is 5.04. The number of halogens is 1. The van der Waals surface area contributed by atoms with E-state index in [1.807, 2.05) is 5.38 Å². The van der Waals surface area contributed by atoms with Crippen molar-refractivity contribution in [3.8, 4) is 0 Å². The van der Waals surface area contributed by atoms with E-state index in [1.165, 1.54) is 23.5 Å². The zero-order valence-corrected chi connectivity index (χ0v) is 9.18. The number of carboxylic acid groups (broad SMARTS) is 1. The lowest BCUT2D eigenvalue weighted by Gasteiger charge is -2.07. The van der Waals surface area contributed by atoms with Crippen molar-refractivity contribution in [1.82, 2.24) is 0 Å². The highest BCUT2D eigenvalue weighted by Gasteiger charge is 2.52. The van der Waals surface area contributed by atoms with Crippen LogP contribution in [0.2, 0.25) is 0 Å². The molecule has 0 unspecified atom stereocenters. The Kier molecular flexibility index (Phi) is 1.86. The number of hydrogen-bond acceptors (Lipinski definition) is 2. The molecule has 0 aliphatic heterocycles. The van der Waals surface area contributed by atoms with Crippen LogP contribution in [0.25, 0.3) is 10.1 Å². The minimum atomic E-state index is -0.767. The highest BCUT2D eigenvalue weighted by Crippen LogP contribution is 2.51. The van der Waals surface area contributed by atoms with Gasteiger partial charge in [0.1, 0.15) is 5.82 Å². The van der Waals surface area contributed by atoms with Gasteiger partial charge in [-0.3, -0.25) is 4.79 Å². The fourth-order valence-electron chi connectivity index (χ4n) is 2.10. The Labute approximate surface area is 95.3 Å². The number of benzene rings is 1. The number of rotatable bonds is 2. The van der Waals surface area contributed by atoms with E-state index in [-0.39, 0.29) is 5.82 Å². The summed E-state index contributed by atoms with van der Waals surface area (Å²) >= 11 is 1.41. The van der Waals surface area contributed by atoms with Gasteiger partial charge in [0, 0.05) is 4.70 Å². The van der Waals surface area contributed by atoms with Crippen LogP contribution in [0, 0.1) is 5.82 Å². The second kappa shape index (κ2) is 3.04. The maximum absolute atomic E-state index is 13.0. The molecule has 82 valence electrons. The molecule has 2 aromatic rings. The van der Waals surface area contributed by atoms with E-state index in [1.54, 1.807) is 6.07 Å². The third-order valence-electron chi connectivity index (χ3n) is 3.21. The number of carboxylic acids is 1. The van der Waals surface area contributed by atoms with Crippen LogP contribution in [-0.4, -0.2) is 11.1 Å². The average molecular weight is 236 g/mol. The summed E-state index contributed by atoms with van der Waals surface area (Å²) in [5.41, 5.74) is 0.149. The molecule has 4 heteroatoms. The zero-order chi connectivity index (χ0) is 11.3. The van der Waals surface area contributed by atoms with Crippen LogP contribution in [0.1, 0.15) is 18.4 Å². The van der Waals surface area contributed by atoms with Crippen molar-refractivity contribution in [2.75, 3.05) is 0 Å². The molecule has 1 aliphatic carbocycles. The number of aliphatic carboxylic acids is 1. The maximum atomic E-state index is 13.0.